The summed E-state index contributed by atoms with van der Waals surface area (Å²) in [5.74, 6) is -0.562. The van der Waals surface area contributed by atoms with Crippen LogP contribution in [-0.4, -0.2) is 32.1 Å². The van der Waals surface area contributed by atoms with E-state index in [2.05, 4.69) is 58.5 Å². The van der Waals surface area contributed by atoms with Crippen molar-refractivity contribution in [2.45, 2.75) is 58.0 Å². The molecule has 0 unspecified atom stereocenters. The van der Waals surface area contributed by atoms with E-state index in [1.807, 2.05) is 0 Å². The standard InChI is InChI=1S/C14H20BrN3O2/c1-13(2)6-5-7-14(3,4)18(13)12-16-8-9(15)10(17-12)11(19)20/h8H,5-7H2,1-4H3,(H,19,20). The third-order valence-electron chi connectivity index (χ3n) is 3.92. The van der Waals surface area contributed by atoms with E-state index in [1.54, 1.807) is 0 Å². The molecule has 0 spiro atoms. The first kappa shape index (κ1) is 15.2. The zero-order chi connectivity index (χ0) is 15.1. The first-order valence-corrected chi connectivity index (χ1v) is 7.51. The summed E-state index contributed by atoms with van der Waals surface area (Å²) >= 11 is 3.19. The maximum absolute atomic E-state index is 11.2. The molecule has 1 aliphatic rings. The van der Waals surface area contributed by atoms with Gasteiger partial charge in [-0.1, -0.05) is 0 Å². The van der Waals surface area contributed by atoms with Gasteiger partial charge in [-0.15, -0.1) is 0 Å². The summed E-state index contributed by atoms with van der Waals surface area (Å²) in [6.07, 6.45) is 4.75. The lowest BCUT2D eigenvalue weighted by Gasteiger charge is -2.53. The van der Waals surface area contributed by atoms with Crippen LogP contribution in [0.25, 0.3) is 0 Å². The van der Waals surface area contributed by atoms with Gasteiger partial charge < -0.3 is 10.0 Å². The quantitative estimate of drug-likeness (QED) is 0.891. The molecule has 1 aliphatic heterocycles. The molecule has 0 aliphatic carbocycles. The van der Waals surface area contributed by atoms with Crippen molar-refractivity contribution in [2.75, 3.05) is 4.90 Å². The number of hydrogen-bond donors (Lipinski definition) is 1. The highest BCUT2D eigenvalue weighted by molar-refractivity contribution is 9.10. The first-order valence-electron chi connectivity index (χ1n) is 6.71. The number of carboxylic acids is 1. The minimum Gasteiger partial charge on any atom is -0.476 e. The first-order chi connectivity index (χ1) is 9.15. The van der Waals surface area contributed by atoms with E-state index in [1.165, 1.54) is 6.20 Å². The van der Waals surface area contributed by atoms with Gasteiger partial charge in [0, 0.05) is 17.3 Å². The molecule has 0 aromatic carbocycles. The molecule has 0 saturated carbocycles. The highest BCUT2D eigenvalue weighted by Gasteiger charge is 2.43. The largest absolute Gasteiger partial charge is 0.476 e. The molecule has 1 aromatic rings. The van der Waals surface area contributed by atoms with Crippen LogP contribution in [0.2, 0.25) is 0 Å². The highest BCUT2D eigenvalue weighted by Crippen LogP contribution is 2.40. The van der Waals surface area contributed by atoms with Crippen molar-refractivity contribution in [3.63, 3.8) is 0 Å². The second-order valence-corrected chi connectivity index (χ2v) is 7.34. The number of piperidine rings is 1. The fourth-order valence-electron chi connectivity index (χ4n) is 3.15. The van der Waals surface area contributed by atoms with Crippen molar-refractivity contribution >= 4 is 27.8 Å². The van der Waals surface area contributed by atoms with Gasteiger partial charge in [0.15, 0.2) is 5.69 Å². The maximum atomic E-state index is 11.2. The molecule has 20 heavy (non-hydrogen) atoms. The normalized spacial score (nSPS) is 20.8. The Bertz CT molecular complexity index is 527. The molecule has 0 atom stereocenters. The summed E-state index contributed by atoms with van der Waals surface area (Å²) in [7, 11) is 0. The van der Waals surface area contributed by atoms with Gasteiger partial charge in [-0.3, -0.25) is 0 Å². The summed E-state index contributed by atoms with van der Waals surface area (Å²) < 4.78 is 0.404. The smallest absolute Gasteiger partial charge is 0.355 e. The number of anilines is 1. The number of halogens is 1. The molecule has 1 aromatic heterocycles. The number of carboxylic acid groups (broad SMARTS) is 1. The minimum atomic E-state index is -1.05. The lowest BCUT2D eigenvalue weighted by molar-refractivity contribution is 0.0688. The van der Waals surface area contributed by atoms with E-state index in [9.17, 15) is 9.90 Å². The van der Waals surface area contributed by atoms with Crippen LogP contribution >= 0.6 is 15.9 Å². The van der Waals surface area contributed by atoms with Crippen LogP contribution in [0.4, 0.5) is 5.95 Å². The molecule has 2 rings (SSSR count). The Labute approximate surface area is 127 Å². The molecule has 1 fully saturated rings. The van der Waals surface area contributed by atoms with Crippen molar-refractivity contribution in [1.82, 2.24) is 9.97 Å². The Morgan fingerprint density at radius 3 is 2.35 bits per heavy atom. The second-order valence-electron chi connectivity index (χ2n) is 6.49. The number of aromatic carboxylic acids is 1. The van der Waals surface area contributed by atoms with Crippen LogP contribution in [0.5, 0.6) is 0 Å². The lowest BCUT2D eigenvalue weighted by Crippen LogP contribution is -2.59. The molecule has 0 bridgehead atoms. The number of aromatic nitrogens is 2. The molecule has 2 heterocycles. The number of carbonyl (C=O) groups is 1. The van der Waals surface area contributed by atoms with Gasteiger partial charge in [0.2, 0.25) is 5.95 Å². The fraction of sp³-hybridized carbons (Fsp3) is 0.643. The molecular formula is C14H20BrN3O2. The number of hydrogen-bond acceptors (Lipinski definition) is 4. The number of rotatable bonds is 2. The van der Waals surface area contributed by atoms with Crippen molar-refractivity contribution in [1.29, 1.82) is 0 Å². The van der Waals surface area contributed by atoms with E-state index in [0.29, 0.717) is 10.4 Å². The van der Waals surface area contributed by atoms with E-state index >= 15 is 0 Å². The third kappa shape index (κ3) is 2.66. The molecular weight excluding hydrogens is 322 g/mol. The highest BCUT2D eigenvalue weighted by atomic mass is 79.9. The Balaban J connectivity index is 2.53. The van der Waals surface area contributed by atoms with Crippen LogP contribution < -0.4 is 4.90 Å². The van der Waals surface area contributed by atoms with E-state index < -0.39 is 5.97 Å². The van der Waals surface area contributed by atoms with Crippen molar-refractivity contribution < 1.29 is 9.90 Å². The summed E-state index contributed by atoms with van der Waals surface area (Å²) in [4.78, 5) is 22.0. The Kier molecular flexibility index (Phi) is 3.79. The summed E-state index contributed by atoms with van der Waals surface area (Å²) in [6, 6.07) is 0. The minimum absolute atomic E-state index is 0.00664. The average molecular weight is 342 g/mol. The van der Waals surface area contributed by atoms with Gasteiger partial charge in [0.1, 0.15) is 0 Å². The van der Waals surface area contributed by atoms with E-state index in [-0.39, 0.29) is 16.8 Å². The summed E-state index contributed by atoms with van der Waals surface area (Å²) in [5, 5.41) is 9.21. The van der Waals surface area contributed by atoms with Crippen LogP contribution in [-0.2, 0) is 0 Å². The third-order valence-corrected chi connectivity index (χ3v) is 4.50. The van der Waals surface area contributed by atoms with Gasteiger partial charge in [-0.05, 0) is 62.9 Å². The van der Waals surface area contributed by atoms with Crippen LogP contribution in [0, 0.1) is 0 Å². The molecule has 0 radical (unpaired) electrons. The molecule has 110 valence electrons. The Morgan fingerprint density at radius 2 is 1.85 bits per heavy atom. The molecule has 0 amide bonds. The lowest BCUT2D eigenvalue weighted by atomic mass is 9.80. The van der Waals surface area contributed by atoms with Crippen LogP contribution in [0.15, 0.2) is 10.7 Å². The summed E-state index contributed by atoms with van der Waals surface area (Å²) in [6.45, 7) is 8.61. The zero-order valence-electron chi connectivity index (χ0n) is 12.3. The zero-order valence-corrected chi connectivity index (χ0v) is 13.9. The van der Waals surface area contributed by atoms with Crippen LogP contribution in [0.1, 0.15) is 57.4 Å². The fourth-order valence-corrected chi connectivity index (χ4v) is 3.51. The van der Waals surface area contributed by atoms with Gasteiger partial charge >= 0.3 is 5.97 Å². The number of nitrogens with zero attached hydrogens (tertiary/aromatic N) is 3. The maximum Gasteiger partial charge on any atom is 0.355 e. The topological polar surface area (TPSA) is 66.3 Å². The van der Waals surface area contributed by atoms with E-state index in [0.717, 1.165) is 19.3 Å². The van der Waals surface area contributed by atoms with Crippen molar-refractivity contribution in [3.8, 4) is 0 Å². The second kappa shape index (κ2) is 4.98. The predicted molar refractivity (Wildman–Crippen MR) is 81.2 cm³/mol. The van der Waals surface area contributed by atoms with Gasteiger partial charge in [0.05, 0.1) is 4.47 Å². The average Bonchev–Trinajstić information content (AvgIpc) is 2.28. The summed E-state index contributed by atoms with van der Waals surface area (Å²) in [5.41, 5.74) is -0.177. The SMILES string of the molecule is CC1(C)CCCC(C)(C)N1c1ncc(Br)c(C(=O)O)n1. The van der Waals surface area contributed by atoms with Crippen LogP contribution in [0.3, 0.4) is 0 Å². The molecule has 1 saturated heterocycles. The Hall–Kier alpha value is -1.17. The predicted octanol–water partition coefficient (Wildman–Crippen LogP) is 3.48. The molecule has 6 heteroatoms. The van der Waals surface area contributed by atoms with Crippen molar-refractivity contribution in [3.05, 3.63) is 16.4 Å². The Morgan fingerprint density at radius 1 is 1.30 bits per heavy atom. The molecule has 5 nitrogen and oxygen atoms in total. The van der Waals surface area contributed by atoms with Gasteiger partial charge in [0.25, 0.3) is 0 Å². The van der Waals surface area contributed by atoms with Gasteiger partial charge in [-0.25, -0.2) is 14.8 Å². The molecule has 1 N–H and O–H groups in total. The van der Waals surface area contributed by atoms with Gasteiger partial charge in [-0.2, -0.15) is 0 Å². The monoisotopic (exact) mass is 341 g/mol. The van der Waals surface area contributed by atoms with E-state index in [4.69, 9.17) is 0 Å². The van der Waals surface area contributed by atoms with Crippen molar-refractivity contribution in [2.24, 2.45) is 0 Å².